The molecule has 0 bridgehead atoms. The average Bonchev–Trinajstić information content (AvgIpc) is 2.97. The van der Waals surface area contributed by atoms with Gasteiger partial charge in [-0.25, -0.2) is 9.78 Å². The summed E-state index contributed by atoms with van der Waals surface area (Å²) in [5.41, 5.74) is 1.20. The van der Waals surface area contributed by atoms with Crippen LogP contribution in [0.1, 0.15) is 32.4 Å². The van der Waals surface area contributed by atoms with Crippen molar-refractivity contribution in [3.8, 4) is 0 Å². The summed E-state index contributed by atoms with van der Waals surface area (Å²) in [5, 5.41) is 3.91. The molecule has 0 aliphatic heterocycles. The third-order valence-electron chi connectivity index (χ3n) is 3.78. The van der Waals surface area contributed by atoms with Crippen molar-refractivity contribution in [1.82, 2.24) is 19.9 Å². The first kappa shape index (κ1) is 18.2. The number of benzene rings is 1. The molecule has 0 radical (unpaired) electrons. The minimum Gasteiger partial charge on any atom is -0.444 e. The molecule has 0 aliphatic carbocycles. The van der Waals surface area contributed by atoms with Gasteiger partial charge >= 0.3 is 6.09 Å². The van der Waals surface area contributed by atoms with E-state index in [-0.39, 0.29) is 11.3 Å². The van der Waals surface area contributed by atoms with E-state index >= 15 is 0 Å². The maximum atomic E-state index is 12.1. The summed E-state index contributed by atoms with van der Waals surface area (Å²) in [7, 11) is 0. The molecule has 1 N–H and O–H groups in total. The number of hydrogen-bond donors (Lipinski definition) is 1. The Labute approximate surface area is 157 Å². The molecule has 0 saturated carbocycles. The van der Waals surface area contributed by atoms with E-state index in [1.807, 2.05) is 67.9 Å². The Bertz CT molecular complexity index is 903. The summed E-state index contributed by atoms with van der Waals surface area (Å²) >= 11 is 5.97. The number of nitrogens with zero attached hydrogens (tertiary/aromatic N) is 3. The predicted octanol–water partition coefficient (Wildman–Crippen LogP) is 4.20. The minimum absolute atomic E-state index is 0.160. The number of carbonyl (C=O) groups is 1. The van der Waals surface area contributed by atoms with Gasteiger partial charge in [0.1, 0.15) is 11.2 Å². The van der Waals surface area contributed by atoms with Gasteiger partial charge in [-0.2, -0.15) is 4.98 Å². The molecule has 0 unspecified atom stereocenters. The Morgan fingerprint density at radius 3 is 2.69 bits per heavy atom. The number of hydrogen-bond acceptors (Lipinski definition) is 4. The van der Waals surface area contributed by atoms with Gasteiger partial charge in [0.05, 0.1) is 6.04 Å². The van der Waals surface area contributed by atoms with Crippen LogP contribution in [-0.2, 0) is 4.74 Å². The fraction of sp³-hybridized carbons (Fsp3) is 0.316. The van der Waals surface area contributed by atoms with Gasteiger partial charge in [-0.1, -0.05) is 30.3 Å². The number of aromatic nitrogens is 3. The first-order chi connectivity index (χ1) is 12.3. The zero-order chi connectivity index (χ0) is 18.7. The highest BCUT2D eigenvalue weighted by molar-refractivity contribution is 6.28. The molecule has 3 rings (SSSR count). The molecule has 2 heterocycles. The van der Waals surface area contributed by atoms with Crippen molar-refractivity contribution in [2.24, 2.45) is 0 Å². The summed E-state index contributed by atoms with van der Waals surface area (Å²) in [6.07, 6.45) is 3.15. The highest BCUT2D eigenvalue weighted by Gasteiger charge is 2.20. The average molecular weight is 373 g/mol. The molecule has 136 valence electrons. The molecule has 0 fully saturated rings. The Hall–Kier alpha value is -2.60. The van der Waals surface area contributed by atoms with E-state index in [1.54, 1.807) is 6.20 Å². The molecule has 2 aromatic heterocycles. The van der Waals surface area contributed by atoms with Crippen LogP contribution in [0.4, 0.5) is 4.79 Å². The van der Waals surface area contributed by atoms with E-state index in [4.69, 9.17) is 16.3 Å². The van der Waals surface area contributed by atoms with E-state index in [0.717, 1.165) is 10.9 Å². The third kappa shape index (κ3) is 4.32. The molecule has 0 spiro atoms. The number of alkyl carbamates (subject to hydrolysis) is 1. The lowest BCUT2D eigenvalue weighted by Crippen LogP contribution is -2.36. The van der Waals surface area contributed by atoms with E-state index in [0.29, 0.717) is 12.2 Å². The van der Waals surface area contributed by atoms with Gasteiger partial charge in [-0.3, -0.25) is 0 Å². The quantitative estimate of drug-likeness (QED) is 0.697. The topological polar surface area (TPSA) is 69.0 Å². The lowest BCUT2D eigenvalue weighted by Gasteiger charge is -2.23. The van der Waals surface area contributed by atoms with Crippen LogP contribution in [0.15, 0.2) is 48.8 Å². The second kappa shape index (κ2) is 7.33. The lowest BCUT2D eigenvalue weighted by atomic mass is 10.1. The highest BCUT2D eigenvalue weighted by Crippen LogP contribution is 2.24. The summed E-state index contributed by atoms with van der Waals surface area (Å²) in [5.74, 6) is 0. The minimum atomic E-state index is -0.548. The van der Waals surface area contributed by atoms with Gasteiger partial charge in [-0.15, -0.1) is 0 Å². The van der Waals surface area contributed by atoms with Crippen molar-refractivity contribution >= 4 is 28.7 Å². The normalized spacial score (nSPS) is 12.8. The fourth-order valence-corrected chi connectivity index (χ4v) is 2.84. The molecule has 3 aromatic rings. The number of fused-ring (bicyclic) bond motifs is 1. The SMILES string of the molecule is CC(C)(C)OC(=O)NC[C@H](c1ccccc1)n1ccc2cnc(Cl)nc21. The number of nitrogens with one attached hydrogen (secondary N) is 1. The van der Waals surface area contributed by atoms with Gasteiger partial charge in [-0.05, 0) is 44.0 Å². The van der Waals surface area contributed by atoms with Crippen molar-refractivity contribution in [2.45, 2.75) is 32.4 Å². The van der Waals surface area contributed by atoms with Crippen LogP contribution in [0.2, 0.25) is 5.28 Å². The van der Waals surface area contributed by atoms with Crippen molar-refractivity contribution in [2.75, 3.05) is 6.54 Å². The molecule has 1 amide bonds. The van der Waals surface area contributed by atoms with Gasteiger partial charge < -0.3 is 14.6 Å². The van der Waals surface area contributed by atoms with E-state index in [9.17, 15) is 4.79 Å². The van der Waals surface area contributed by atoms with Crippen LogP contribution in [0.25, 0.3) is 11.0 Å². The largest absolute Gasteiger partial charge is 0.444 e. The van der Waals surface area contributed by atoms with Crippen LogP contribution in [-0.4, -0.2) is 32.8 Å². The zero-order valence-electron chi connectivity index (χ0n) is 14.9. The first-order valence-corrected chi connectivity index (χ1v) is 8.72. The number of halogens is 1. The maximum absolute atomic E-state index is 12.1. The van der Waals surface area contributed by atoms with Crippen molar-refractivity contribution in [3.05, 3.63) is 59.6 Å². The summed E-state index contributed by atoms with van der Waals surface area (Å²) in [4.78, 5) is 20.5. The molecule has 0 aliphatic rings. The van der Waals surface area contributed by atoms with Crippen molar-refractivity contribution in [3.63, 3.8) is 0 Å². The Balaban J connectivity index is 1.91. The van der Waals surface area contributed by atoms with Crippen LogP contribution >= 0.6 is 11.6 Å². The van der Waals surface area contributed by atoms with Crippen molar-refractivity contribution in [1.29, 1.82) is 0 Å². The lowest BCUT2D eigenvalue weighted by molar-refractivity contribution is 0.0523. The zero-order valence-corrected chi connectivity index (χ0v) is 15.7. The van der Waals surface area contributed by atoms with Crippen LogP contribution in [0, 0.1) is 0 Å². The molecule has 0 saturated heterocycles. The molecular formula is C19H21ClN4O2. The summed E-state index contributed by atoms with van der Waals surface area (Å²) < 4.78 is 7.32. The molecule has 1 atom stereocenters. The van der Waals surface area contributed by atoms with Crippen LogP contribution in [0.5, 0.6) is 0 Å². The Kier molecular flexibility index (Phi) is 5.13. The second-order valence-electron chi connectivity index (χ2n) is 6.95. The number of carbonyl (C=O) groups excluding carboxylic acids is 1. The first-order valence-electron chi connectivity index (χ1n) is 8.34. The Morgan fingerprint density at radius 1 is 1.27 bits per heavy atom. The van der Waals surface area contributed by atoms with Crippen LogP contribution in [0.3, 0.4) is 0 Å². The molecule has 7 heteroatoms. The smallest absolute Gasteiger partial charge is 0.407 e. The monoisotopic (exact) mass is 372 g/mol. The number of rotatable bonds is 4. The maximum Gasteiger partial charge on any atom is 0.407 e. The predicted molar refractivity (Wildman–Crippen MR) is 101 cm³/mol. The molecule has 6 nitrogen and oxygen atoms in total. The Morgan fingerprint density at radius 2 is 2.00 bits per heavy atom. The highest BCUT2D eigenvalue weighted by atomic mass is 35.5. The summed E-state index contributed by atoms with van der Waals surface area (Å²) in [6.45, 7) is 5.85. The van der Waals surface area contributed by atoms with Gasteiger partial charge in [0, 0.05) is 24.3 Å². The standard InChI is InChI=1S/C19H21ClN4O2/c1-19(2,3)26-18(25)22-12-15(13-7-5-4-6-8-13)24-10-9-14-11-21-17(20)23-16(14)24/h4-11,15H,12H2,1-3H3,(H,22,25)/t15-/m1/s1. The third-order valence-corrected chi connectivity index (χ3v) is 3.97. The van der Waals surface area contributed by atoms with Gasteiger partial charge in [0.2, 0.25) is 5.28 Å². The number of ether oxygens (including phenoxy) is 1. The van der Waals surface area contributed by atoms with E-state index in [1.165, 1.54) is 0 Å². The van der Waals surface area contributed by atoms with Gasteiger partial charge in [0.25, 0.3) is 0 Å². The summed E-state index contributed by atoms with van der Waals surface area (Å²) in [6, 6.07) is 11.7. The molecule has 26 heavy (non-hydrogen) atoms. The molecule has 1 aromatic carbocycles. The second-order valence-corrected chi connectivity index (χ2v) is 7.29. The molecular weight excluding hydrogens is 352 g/mol. The fourth-order valence-electron chi connectivity index (χ4n) is 2.71. The number of amides is 1. The van der Waals surface area contributed by atoms with Crippen LogP contribution < -0.4 is 5.32 Å². The van der Waals surface area contributed by atoms with Gasteiger partial charge in [0.15, 0.2) is 0 Å². The van der Waals surface area contributed by atoms with E-state index in [2.05, 4.69) is 15.3 Å². The van der Waals surface area contributed by atoms with E-state index < -0.39 is 11.7 Å². The van der Waals surface area contributed by atoms with Crippen molar-refractivity contribution < 1.29 is 9.53 Å².